The molecule has 0 saturated heterocycles. The summed E-state index contributed by atoms with van der Waals surface area (Å²) in [6.45, 7) is 1.84. The van der Waals surface area contributed by atoms with E-state index >= 15 is 0 Å². The summed E-state index contributed by atoms with van der Waals surface area (Å²) in [5.41, 5.74) is 2.12. The number of anilines is 2. The molecule has 0 spiro atoms. The van der Waals surface area contributed by atoms with E-state index in [1.807, 2.05) is 6.92 Å². The van der Waals surface area contributed by atoms with E-state index in [1.165, 1.54) is 0 Å². The summed E-state index contributed by atoms with van der Waals surface area (Å²) in [6, 6.07) is 11.5. The van der Waals surface area contributed by atoms with Crippen LogP contribution < -0.4 is 16.0 Å². The van der Waals surface area contributed by atoms with Gasteiger partial charge in [0, 0.05) is 27.3 Å². The van der Waals surface area contributed by atoms with E-state index in [4.69, 9.17) is 23.2 Å². The fraction of sp³-hybridized carbons (Fsp3) is 0.263. The Balaban J connectivity index is 1.54. The number of rotatable bonds is 5. The molecule has 0 aliphatic heterocycles. The third-order valence-electron chi connectivity index (χ3n) is 4.14. The number of nitrogens with one attached hydrogen (secondary N) is 3. The van der Waals surface area contributed by atoms with E-state index in [2.05, 4.69) is 16.0 Å². The highest BCUT2D eigenvalue weighted by Crippen LogP contribution is 2.30. The average molecular weight is 392 g/mol. The Labute approximate surface area is 162 Å². The predicted molar refractivity (Wildman–Crippen MR) is 105 cm³/mol. The lowest BCUT2D eigenvalue weighted by Crippen LogP contribution is -2.31. The zero-order valence-electron chi connectivity index (χ0n) is 14.2. The molecule has 1 fully saturated rings. The molecular formula is C19H19Cl2N3O2. The van der Waals surface area contributed by atoms with E-state index in [1.54, 1.807) is 42.5 Å². The van der Waals surface area contributed by atoms with Gasteiger partial charge in [0.05, 0.1) is 6.04 Å². The normalized spacial score (nSPS) is 14.4. The van der Waals surface area contributed by atoms with Crippen molar-refractivity contribution < 1.29 is 9.59 Å². The summed E-state index contributed by atoms with van der Waals surface area (Å²) in [4.78, 5) is 23.9. The van der Waals surface area contributed by atoms with Gasteiger partial charge in [0.2, 0.25) is 5.91 Å². The van der Waals surface area contributed by atoms with Gasteiger partial charge in [-0.3, -0.25) is 4.79 Å². The van der Waals surface area contributed by atoms with E-state index < -0.39 is 0 Å². The summed E-state index contributed by atoms with van der Waals surface area (Å²) in [6.07, 6.45) is 1.92. The van der Waals surface area contributed by atoms with Crippen LogP contribution in [0.25, 0.3) is 0 Å². The summed E-state index contributed by atoms with van der Waals surface area (Å²) < 4.78 is 0. The Bertz CT molecular complexity index is 820. The quantitative estimate of drug-likeness (QED) is 0.653. The van der Waals surface area contributed by atoms with Crippen LogP contribution in [0.15, 0.2) is 42.5 Å². The average Bonchev–Trinajstić information content (AvgIpc) is 3.41. The number of carbonyl (C=O) groups excluding carboxylic acids is 2. The summed E-state index contributed by atoms with van der Waals surface area (Å²) in [5, 5.41) is 9.49. The van der Waals surface area contributed by atoms with Crippen molar-refractivity contribution in [1.82, 2.24) is 5.32 Å². The van der Waals surface area contributed by atoms with Crippen LogP contribution in [-0.2, 0) is 4.79 Å². The monoisotopic (exact) mass is 391 g/mol. The lowest BCUT2D eigenvalue weighted by Gasteiger charge is -2.16. The molecule has 3 N–H and O–H groups in total. The molecule has 1 atom stereocenters. The van der Waals surface area contributed by atoms with E-state index in [-0.39, 0.29) is 23.9 Å². The first-order valence-corrected chi connectivity index (χ1v) is 9.11. The van der Waals surface area contributed by atoms with Crippen molar-refractivity contribution in [2.75, 3.05) is 10.6 Å². The van der Waals surface area contributed by atoms with Crippen LogP contribution in [-0.4, -0.2) is 11.9 Å². The molecule has 0 heterocycles. The van der Waals surface area contributed by atoms with Crippen LogP contribution in [0.1, 0.15) is 31.4 Å². The summed E-state index contributed by atoms with van der Waals surface area (Å²) in [5.74, 6) is 0.205. The van der Waals surface area contributed by atoms with Crippen LogP contribution in [0.3, 0.4) is 0 Å². The van der Waals surface area contributed by atoms with Crippen molar-refractivity contribution in [2.45, 2.75) is 25.8 Å². The van der Waals surface area contributed by atoms with Crippen molar-refractivity contribution in [3.8, 4) is 0 Å². The third kappa shape index (κ3) is 4.90. The number of urea groups is 1. The largest absolute Gasteiger partial charge is 0.331 e. The molecule has 7 heteroatoms. The molecule has 5 nitrogen and oxygen atoms in total. The predicted octanol–water partition coefficient (Wildman–Crippen LogP) is 5.22. The van der Waals surface area contributed by atoms with Gasteiger partial charge in [-0.25, -0.2) is 4.79 Å². The van der Waals surface area contributed by atoms with Gasteiger partial charge in [0.1, 0.15) is 0 Å². The van der Waals surface area contributed by atoms with E-state index in [0.717, 1.165) is 18.4 Å². The highest BCUT2D eigenvalue weighted by molar-refractivity contribution is 6.35. The Hall–Kier alpha value is -2.24. The van der Waals surface area contributed by atoms with Gasteiger partial charge in [0.25, 0.3) is 0 Å². The highest BCUT2D eigenvalue weighted by atomic mass is 35.5. The van der Waals surface area contributed by atoms with Gasteiger partial charge in [-0.1, -0.05) is 29.3 Å². The first kappa shape index (κ1) is 18.5. The van der Waals surface area contributed by atoms with Gasteiger partial charge in [-0.2, -0.15) is 0 Å². The molecule has 136 valence electrons. The summed E-state index contributed by atoms with van der Waals surface area (Å²) in [7, 11) is 0. The molecular weight excluding hydrogens is 373 g/mol. The molecule has 26 heavy (non-hydrogen) atoms. The molecule has 1 aliphatic rings. The number of hydrogen-bond donors (Lipinski definition) is 3. The molecule has 1 saturated carbocycles. The molecule has 1 aliphatic carbocycles. The Morgan fingerprint density at radius 1 is 1.00 bits per heavy atom. The van der Waals surface area contributed by atoms with Gasteiger partial charge in [-0.05, 0) is 61.7 Å². The minimum atomic E-state index is -0.349. The van der Waals surface area contributed by atoms with Crippen molar-refractivity contribution in [3.05, 3.63) is 58.1 Å². The van der Waals surface area contributed by atoms with Crippen LogP contribution in [0, 0.1) is 5.92 Å². The second-order valence-corrected chi connectivity index (χ2v) is 7.17. The lowest BCUT2D eigenvalue weighted by atomic mass is 10.1. The van der Waals surface area contributed by atoms with Crippen molar-refractivity contribution in [3.63, 3.8) is 0 Å². The van der Waals surface area contributed by atoms with Gasteiger partial charge < -0.3 is 16.0 Å². The molecule has 3 rings (SSSR count). The van der Waals surface area contributed by atoms with Crippen LogP contribution >= 0.6 is 23.2 Å². The molecule has 2 aromatic rings. The number of halogens is 2. The van der Waals surface area contributed by atoms with Crippen molar-refractivity contribution >= 4 is 46.5 Å². The first-order valence-electron chi connectivity index (χ1n) is 8.36. The van der Waals surface area contributed by atoms with Crippen LogP contribution in [0.2, 0.25) is 10.0 Å². The molecule has 0 radical (unpaired) electrons. The van der Waals surface area contributed by atoms with Gasteiger partial charge in [-0.15, -0.1) is 0 Å². The molecule has 0 bridgehead atoms. The zero-order chi connectivity index (χ0) is 18.7. The fourth-order valence-electron chi connectivity index (χ4n) is 2.52. The minimum absolute atomic E-state index is 0.0529. The third-order valence-corrected chi connectivity index (χ3v) is 4.70. The second kappa shape index (κ2) is 7.98. The fourth-order valence-corrected chi connectivity index (χ4v) is 3.09. The first-order chi connectivity index (χ1) is 12.4. The summed E-state index contributed by atoms with van der Waals surface area (Å²) >= 11 is 12.1. The van der Waals surface area contributed by atoms with Crippen LogP contribution in [0.5, 0.6) is 0 Å². The van der Waals surface area contributed by atoms with Crippen molar-refractivity contribution in [2.24, 2.45) is 5.92 Å². The molecule has 1 unspecified atom stereocenters. The second-order valence-electron chi connectivity index (χ2n) is 6.33. The van der Waals surface area contributed by atoms with Crippen molar-refractivity contribution in [1.29, 1.82) is 0 Å². The molecule has 0 aromatic heterocycles. The SMILES string of the molecule is CC(NC(=O)Nc1ccc(NC(=O)C2CC2)cc1)c1ccc(Cl)cc1Cl. The smallest absolute Gasteiger partial charge is 0.319 e. The lowest BCUT2D eigenvalue weighted by molar-refractivity contribution is -0.117. The Kier molecular flexibility index (Phi) is 5.69. The van der Waals surface area contributed by atoms with Gasteiger partial charge >= 0.3 is 6.03 Å². The topological polar surface area (TPSA) is 70.2 Å². The Morgan fingerprint density at radius 2 is 1.62 bits per heavy atom. The number of benzene rings is 2. The highest BCUT2D eigenvalue weighted by Gasteiger charge is 2.29. The van der Waals surface area contributed by atoms with Gasteiger partial charge in [0.15, 0.2) is 0 Å². The number of carbonyl (C=O) groups is 2. The maximum atomic E-state index is 12.2. The van der Waals surface area contributed by atoms with Crippen LogP contribution in [0.4, 0.5) is 16.2 Å². The minimum Gasteiger partial charge on any atom is -0.331 e. The maximum Gasteiger partial charge on any atom is 0.319 e. The zero-order valence-corrected chi connectivity index (χ0v) is 15.7. The number of hydrogen-bond acceptors (Lipinski definition) is 2. The molecule has 2 aromatic carbocycles. The standard InChI is InChI=1S/C19H19Cl2N3O2/c1-11(16-9-4-13(20)10-17(16)21)22-19(26)24-15-7-5-14(6-8-15)23-18(25)12-2-3-12/h4-12H,2-3H2,1H3,(H,23,25)(H2,22,24,26). The number of amides is 3. The maximum absolute atomic E-state index is 12.2. The Morgan fingerprint density at radius 3 is 2.19 bits per heavy atom. The molecule has 3 amide bonds. The van der Waals surface area contributed by atoms with E-state index in [9.17, 15) is 9.59 Å². The van der Waals surface area contributed by atoms with E-state index in [0.29, 0.717) is 21.4 Å².